The lowest BCUT2D eigenvalue weighted by Crippen LogP contribution is -1.78. The average molecular weight is 182 g/mol. The van der Waals surface area contributed by atoms with Gasteiger partial charge in [-0.1, -0.05) is 33.1 Å². The summed E-state index contributed by atoms with van der Waals surface area (Å²) in [7, 11) is 1.00. The molecule has 0 fully saturated rings. The number of aliphatic hydroxyl groups excluding tert-OH is 1. The van der Waals surface area contributed by atoms with Gasteiger partial charge < -0.3 is 15.7 Å². The number of aliphatic carboxylic acids is 1. The standard InChI is InChI=1S/C5H12.C2H4O2.CH4O.H2O/c1-3-5-4-2;1-2(3)4;1-2;/h3-5H2,1-2H3;1H3,(H,3,4);2H,1H3;1H2. The molecule has 12 heavy (non-hydrogen) atoms. The fourth-order valence-electron chi connectivity index (χ4n) is 0.354. The van der Waals surface area contributed by atoms with Gasteiger partial charge in [-0.3, -0.25) is 4.79 Å². The van der Waals surface area contributed by atoms with Gasteiger partial charge in [0.1, 0.15) is 0 Å². The molecule has 0 aromatic rings. The highest BCUT2D eigenvalue weighted by Crippen LogP contribution is 1.88. The molecule has 0 amide bonds. The molecule has 0 aliphatic heterocycles. The second-order valence-electron chi connectivity index (χ2n) is 1.87. The zero-order valence-electron chi connectivity index (χ0n) is 8.42. The highest BCUT2D eigenvalue weighted by atomic mass is 16.4. The minimum Gasteiger partial charge on any atom is -0.481 e. The van der Waals surface area contributed by atoms with Crippen molar-refractivity contribution in [2.24, 2.45) is 0 Å². The maximum atomic E-state index is 9.00. The first-order chi connectivity index (χ1) is 5.15. The summed E-state index contributed by atoms with van der Waals surface area (Å²) < 4.78 is 0. The van der Waals surface area contributed by atoms with Crippen molar-refractivity contribution in [3.8, 4) is 0 Å². The van der Waals surface area contributed by atoms with Crippen LogP contribution in [0.1, 0.15) is 40.0 Å². The Morgan fingerprint density at radius 3 is 1.33 bits per heavy atom. The van der Waals surface area contributed by atoms with Crippen LogP contribution in [0.5, 0.6) is 0 Å². The summed E-state index contributed by atoms with van der Waals surface area (Å²) in [4.78, 5) is 9.00. The summed E-state index contributed by atoms with van der Waals surface area (Å²) in [6, 6.07) is 0. The van der Waals surface area contributed by atoms with Crippen LogP contribution in [0.3, 0.4) is 0 Å². The van der Waals surface area contributed by atoms with E-state index in [2.05, 4.69) is 13.8 Å². The molecule has 0 bridgehead atoms. The monoisotopic (exact) mass is 182 g/mol. The van der Waals surface area contributed by atoms with Crippen molar-refractivity contribution in [2.45, 2.75) is 40.0 Å². The summed E-state index contributed by atoms with van der Waals surface area (Å²) in [5.74, 6) is -0.833. The Morgan fingerprint density at radius 1 is 1.17 bits per heavy atom. The summed E-state index contributed by atoms with van der Waals surface area (Å²) in [6.07, 6.45) is 4.08. The lowest BCUT2D eigenvalue weighted by atomic mass is 10.3. The van der Waals surface area contributed by atoms with E-state index in [0.29, 0.717) is 0 Å². The first-order valence-corrected chi connectivity index (χ1v) is 3.79. The van der Waals surface area contributed by atoms with Crippen molar-refractivity contribution in [1.82, 2.24) is 0 Å². The van der Waals surface area contributed by atoms with Crippen LogP contribution in [0.15, 0.2) is 0 Å². The van der Waals surface area contributed by atoms with Crippen molar-refractivity contribution >= 4 is 5.97 Å². The van der Waals surface area contributed by atoms with Crippen molar-refractivity contribution in [2.75, 3.05) is 7.11 Å². The number of aliphatic hydroxyl groups is 1. The summed E-state index contributed by atoms with van der Waals surface area (Å²) in [6.45, 7) is 5.51. The van der Waals surface area contributed by atoms with Gasteiger partial charge in [0.05, 0.1) is 0 Å². The van der Waals surface area contributed by atoms with E-state index < -0.39 is 5.97 Å². The molecule has 0 saturated carbocycles. The van der Waals surface area contributed by atoms with Crippen LogP contribution < -0.4 is 0 Å². The number of hydrogen-bond acceptors (Lipinski definition) is 2. The van der Waals surface area contributed by atoms with E-state index in [-0.39, 0.29) is 5.48 Å². The topological polar surface area (TPSA) is 89.0 Å². The molecule has 0 aromatic carbocycles. The van der Waals surface area contributed by atoms with E-state index in [1.165, 1.54) is 19.3 Å². The number of carboxylic acids is 1. The maximum Gasteiger partial charge on any atom is 0.300 e. The second-order valence-corrected chi connectivity index (χ2v) is 1.87. The fraction of sp³-hybridized carbons (Fsp3) is 0.875. The molecule has 0 saturated heterocycles. The number of hydrogen-bond donors (Lipinski definition) is 2. The van der Waals surface area contributed by atoms with E-state index in [4.69, 9.17) is 15.0 Å². The lowest BCUT2D eigenvalue weighted by molar-refractivity contribution is -0.134. The average Bonchev–Trinajstić information content (AvgIpc) is 1.93. The van der Waals surface area contributed by atoms with Gasteiger partial charge >= 0.3 is 0 Å². The van der Waals surface area contributed by atoms with Crippen molar-refractivity contribution in [3.63, 3.8) is 0 Å². The zero-order chi connectivity index (χ0) is 9.70. The van der Waals surface area contributed by atoms with Crippen LogP contribution in [-0.4, -0.2) is 28.8 Å². The van der Waals surface area contributed by atoms with E-state index in [1.807, 2.05) is 0 Å². The Labute approximate surface area is 74.5 Å². The number of unbranched alkanes of at least 4 members (excludes halogenated alkanes) is 2. The number of rotatable bonds is 2. The van der Waals surface area contributed by atoms with E-state index in [0.717, 1.165) is 14.0 Å². The molecule has 0 aromatic heterocycles. The maximum absolute atomic E-state index is 9.00. The molecular formula is C8H22O4. The van der Waals surface area contributed by atoms with Gasteiger partial charge in [-0.2, -0.15) is 0 Å². The predicted octanol–water partition coefficient (Wildman–Crippen LogP) is 1.07. The van der Waals surface area contributed by atoms with Gasteiger partial charge in [-0.25, -0.2) is 0 Å². The number of carbonyl (C=O) groups is 1. The van der Waals surface area contributed by atoms with Gasteiger partial charge in [0, 0.05) is 14.0 Å². The molecule has 0 radical (unpaired) electrons. The van der Waals surface area contributed by atoms with Crippen LogP contribution in [0.4, 0.5) is 0 Å². The largest absolute Gasteiger partial charge is 0.481 e. The molecule has 4 nitrogen and oxygen atoms in total. The third kappa shape index (κ3) is 342. The summed E-state index contributed by atoms with van der Waals surface area (Å²) in [5, 5.41) is 14.4. The molecule has 78 valence electrons. The van der Waals surface area contributed by atoms with Crippen molar-refractivity contribution in [3.05, 3.63) is 0 Å². The summed E-state index contributed by atoms with van der Waals surface area (Å²) >= 11 is 0. The van der Waals surface area contributed by atoms with Crippen LogP contribution >= 0.6 is 0 Å². The molecule has 0 aliphatic carbocycles. The quantitative estimate of drug-likeness (QED) is 0.669. The molecule has 0 aliphatic rings. The van der Waals surface area contributed by atoms with E-state index in [9.17, 15) is 0 Å². The van der Waals surface area contributed by atoms with Crippen molar-refractivity contribution < 1.29 is 20.5 Å². The molecular weight excluding hydrogens is 160 g/mol. The van der Waals surface area contributed by atoms with Gasteiger partial charge in [-0.15, -0.1) is 0 Å². The first-order valence-electron chi connectivity index (χ1n) is 3.79. The first kappa shape index (κ1) is 22.5. The molecule has 0 unspecified atom stereocenters. The minimum absolute atomic E-state index is 0. The SMILES string of the molecule is CC(=O)O.CCCCC.CO.O. The van der Waals surface area contributed by atoms with Gasteiger partial charge in [0.2, 0.25) is 0 Å². The Morgan fingerprint density at radius 2 is 1.33 bits per heavy atom. The minimum atomic E-state index is -0.833. The second kappa shape index (κ2) is 31.5. The van der Waals surface area contributed by atoms with Crippen LogP contribution in [0, 0.1) is 0 Å². The normalized spacial score (nSPS) is 6.08. The zero-order valence-corrected chi connectivity index (χ0v) is 8.42. The van der Waals surface area contributed by atoms with Crippen LogP contribution in [-0.2, 0) is 4.79 Å². The van der Waals surface area contributed by atoms with Crippen LogP contribution in [0.2, 0.25) is 0 Å². The highest BCUT2D eigenvalue weighted by Gasteiger charge is 1.68. The molecule has 0 heterocycles. The Hall–Kier alpha value is -0.610. The van der Waals surface area contributed by atoms with E-state index >= 15 is 0 Å². The smallest absolute Gasteiger partial charge is 0.300 e. The fourth-order valence-corrected chi connectivity index (χ4v) is 0.354. The number of carboxylic acid groups (broad SMARTS) is 1. The Kier molecular flexibility index (Phi) is 59.2. The highest BCUT2D eigenvalue weighted by molar-refractivity contribution is 5.62. The molecule has 0 rings (SSSR count). The third-order valence-corrected chi connectivity index (χ3v) is 0.707. The lowest BCUT2D eigenvalue weighted by Gasteiger charge is -1.79. The van der Waals surface area contributed by atoms with E-state index in [1.54, 1.807) is 0 Å². The third-order valence-electron chi connectivity index (χ3n) is 0.707. The molecule has 4 N–H and O–H groups in total. The molecule has 4 heteroatoms. The molecule has 0 atom stereocenters. The Bertz CT molecular complexity index is 58.1. The predicted molar refractivity (Wildman–Crippen MR) is 50.3 cm³/mol. The van der Waals surface area contributed by atoms with Crippen LogP contribution in [0.25, 0.3) is 0 Å². The van der Waals surface area contributed by atoms with Crippen molar-refractivity contribution in [1.29, 1.82) is 0 Å². The van der Waals surface area contributed by atoms with Gasteiger partial charge in [0.25, 0.3) is 5.97 Å². The Balaban J connectivity index is -0.0000000419. The summed E-state index contributed by atoms with van der Waals surface area (Å²) in [5.41, 5.74) is 0. The molecule has 0 spiro atoms. The van der Waals surface area contributed by atoms with Gasteiger partial charge in [0.15, 0.2) is 0 Å². The van der Waals surface area contributed by atoms with Gasteiger partial charge in [-0.05, 0) is 0 Å².